The molecule has 0 unspecified atom stereocenters. The maximum absolute atomic E-state index is 10.4. The van der Waals surface area contributed by atoms with E-state index in [0.29, 0.717) is 0 Å². The first-order valence-electron chi connectivity index (χ1n) is 3.65. The monoisotopic (exact) mass is 167 g/mol. The average molecular weight is 167 g/mol. The van der Waals surface area contributed by atoms with Crippen molar-refractivity contribution in [1.29, 1.82) is 0 Å². The summed E-state index contributed by atoms with van der Waals surface area (Å²) in [5, 5.41) is 2.10. The Morgan fingerprint density at radius 3 is 3.36 bits per heavy atom. The molecule has 0 atom stereocenters. The maximum Gasteiger partial charge on any atom is 0.210 e. The Kier molecular flexibility index (Phi) is 1.66. The van der Waals surface area contributed by atoms with E-state index in [0.717, 1.165) is 25.9 Å². The van der Waals surface area contributed by atoms with Crippen molar-refractivity contribution in [3.05, 3.63) is 21.9 Å². The highest BCUT2D eigenvalue weighted by Crippen LogP contribution is 2.22. The quantitative estimate of drug-likeness (QED) is 0.577. The molecule has 2 nitrogen and oxygen atoms in total. The zero-order chi connectivity index (χ0) is 7.68. The number of hydrogen-bond acceptors (Lipinski definition) is 2. The van der Waals surface area contributed by atoms with Crippen molar-refractivity contribution in [2.45, 2.75) is 13.0 Å². The van der Waals surface area contributed by atoms with Gasteiger partial charge in [0, 0.05) is 11.4 Å². The molecule has 0 bridgehead atoms. The van der Waals surface area contributed by atoms with Gasteiger partial charge in [0.2, 0.25) is 6.41 Å². The highest BCUT2D eigenvalue weighted by atomic mass is 32.1. The molecule has 1 aliphatic rings. The molecule has 0 N–H and O–H groups in total. The first-order valence-corrected chi connectivity index (χ1v) is 4.52. The summed E-state index contributed by atoms with van der Waals surface area (Å²) in [5.74, 6) is 0. The number of hydrogen-bond donors (Lipinski definition) is 0. The first kappa shape index (κ1) is 6.85. The van der Waals surface area contributed by atoms with Crippen molar-refractivity contribution >= 4 is 17.7 Å². The molecule has 0 spiro atoms. The fourth-order valence-corrected chi connectivity index (χ4v) is 2.30. The lowest BCUT2D eigenvalue weighted by molar-refractivity contribution is -0.118. The van der Waals surface area contributed by atoms with E-state index in [9.17, 15) is 4.79 Å². The molecule has 1 aliphatic heterocycles. The van der Waals surface area contributed by atoms with E-state index >= 15 is 0 Å². The van der Waals surface area contributed by atoms with Gasteiger partial charge in [0.15, 0.2) is 0 Å². The molecule has 1 amide bonds. The number of carbonyl (C=O) groups excluding carboxylic acids is 1. The van der Waals surface area contributed by atoms with Gasteiger partial charge in [0.05, 0.1) is 6.54 Å². The van der Waals surface area contributed by atoms with E-state index in [1.807, 2.05) is 4.90 Å². The summed E-state index contributed by atoms with van der Waals surface area (Å²) in [6.07, 6.45) is 1.96. The van der Waals surface area contributed by atoms with E-state index < -0.39 is 0 Å². The first-order chi connectivity index (χ1) is 5.40. The van der Waals surface area contributed by atoms with Crippen molar-refractivity contribution in [2.24, 2.45) is 0 Å². The van der Waals surface area contributed by atoms with Crippen LogP contribution in [0.2, 0.25) is 0 Å². The lowest BCUT2D eigenvalue weighted by Gasteiger charge is -2.22. The average Bonchev–Trinajstić information content (AvgIpc) is 2.50. The Labute approximate surface area is 69.4 Å². The maximum atomic E-state index is 10.4. The minimum atomic E-state index is 0.816. The van der Waals surface area contributed by atoms with Gasteiger partial charge in [0.25, 0.3) is 0 Å². The molecule has 0 radical (unpaired) electrons. The number of fused-ring (bicyclic) bond motifs is 1. The SMILES string of the molecule is O=CN1CCc2ccsc2C1. The lowest BCUT2D eigenvalue weighted by atomic mass is 10.1. The van der Waals surface area contributed by atoms with Crippen LogP contribution in [-0.2, 0) is 17.8 Å². The van der Waals surface area contributed by atoms with Gasteiger partial charge in [-0.1, -0.05) is 0 Å². The van der Waals surface area contributed by atoms with Crippen LogP contribution in [-0.4, -0.2) is 17.9 Å². The standard InChI is InChI=1S/C8H9NOS/c10-6-9-3-1-7-2-4-11-8(7)5-9/h2,4,6H,1,3,5H2. The summed E-state index contributed by atoms with van der Waals surface area (Å²) >= 11 is 1.74. The predicted molar refractivity (Wildman–Crippen MR) is 44.5 cm³/mol. The third kappa shape index (κ3) is 1.16. The molecule has 1 aromatic heterocycles. The number of nitrogens with zero attached hydrogens (tertiary/aromatic N) is 1. The van der Waals surface area contributed by atoms with Crippen LogP contribution in [0.4, 0.5) is 0 Å². The Hall–Kier alpha value is -0.830. The van der Waals surface area contributed by atoms with Crippen LogP contribution < -0.4 is 0 Å². The smallest absolute Gasteiger partial charge is 0.210 e. The molecule has 2 heterocycles. The van der Waals surface area contributed by atoms with Crippen molar-refractivity contribution in [2.75, 3.05) is 6.54 Å². The van der Waals surface area contributed by atoms with E-state index in [4.69, 9.17) is 0 Å². The van der Waals surface area contributed by atoms with Gasteiger partial charge in [-0.2, -0.15) is 0 Å². The summed E-state index contributed by atoms with van der Waals surface area (Å²) in [4.78, 5) is 13.6. The van der Waals surface area contributed by atoms with E-state index in [1.165, 1.54) is 10.4 Å². The molecular formula is C8H9NOS. The molecule has 3 heteroatoms. The van der Waals surface area contributed by atoms with Gasteiger partial charge >= 0.3 is 0 Å². The Morgan fingerprint density at radius 2 is 2.55 bits per heavy atom. The molecule has 0 aliphatic carbocycles. The van der Waals surface area contributed by atoms with Gasteiger partial charge in [-0.15, -0.1) is 11.3 Å². The fraction of sp³-hybridized carbons (Fsp3) is 0.375. The Bertz CT molecular complexity index is 269. The largest absolute Gasteiger partial charge is 0.340 e. The minimum absolute atomic E-state index is 0.816. The molecule has 0 saturated carbocycles. The normalized spacial score (nSPS) is 16.2. The number of rotatable bonds is 1. The summed E-state index contributed by atoms with van der Waals surface area (Å²) in [6.45, 7) is 1.70. The lowest BCUT2D eigenvalue weighted by Crippen LogP contribution is -2.27. The van der Waals surface area contributed by atoms with Gasteiger partial charge in [0.1, 0.15) is 0 Å². The zero-order valence-electron chi connectivity index (χ0n) is 6.12. The van der Waals surface area contributed by atoms with Gasteiger partial charge in [-0.3, -0.25) is 4.79 Å². The molecular weight excluding hydrogens is 158 g/mol. The topological polar surface area (TPSA) is 20.3 Å². The molecule has 58 valence electrons. The van der Waals surface area contributed by atoms with Gasteiger partial charge in [-0.25, -0.2) is 0 Å². The molecule has 0 saturated heterocycles. The van der Waals surface area contributed by atoms with Crippen molar-refractivity contribution in [1.82, 2.24) is 4.90 Å². The highest BCUT2D eigenvalue weighted by molar-refractivity contribution is 7.10. The second-order valence-electron chi connectivity index (χ2n) is 2.69. The van der Waals surface area contributed by atoms with Crippen LogP contribution in [0, 0.1) is 0 Å². The minimum Gasteiger partial charge on any atom is -0.340 e. The van der Waals surface area contributed by atoms with Crippen LogP contribution in [0.15, 0.2) is 11.4 Å². The molecule has 1 aromatic rings. The van der Waals surface area contributed by atoms with Crippen LogP contribution >= 0.6 is 11.3 Å². The zero-order valence-corrected chi connectivity index (χ0v) is 6.93. The van der Waals surface area contributed by atoms with Crippen LogP contribution in [0.3, 0.4) is 0 Å². The summed E-state index contributed by atoms with van der Waals surface area (Å²) < 4.78 is 0. The summed E-state index contributed by atoms with van der Waals surface area (Å²) in [5.41, 5.74) is 1.42. The van der Waals surface area contributed by atoms with Crippen molar-refractivity contribution in [3.8, 4) is 0 Å². The molecule has 0 aromatic carbocycles. The summed E-state index contributed by atoms with van der Waals surface area (Å²) in [7, 11) is 0. The number of amides is 1. The van der Waals surface area contributed by atoms with E-state index in [1.54, 1.807) is 11.3 Å². The van der Waals surface area contributed by atoms with Crippen molar-refractivity contribution < 1.29 is 4.79 Å². The van der Waals surface area contributed by atoms with E-state index in [2.05, 4.69) is 11.4 Å². The van der Waals surface area contributed by atoms with Crippen LogP contribution in [0.5, 0.6) is 0 Å². The Morgan fingerprint density at radius 1 is 1.64 bits per heavy atom. The molecule has 2 rings (SSSR count). The summed E-state index contributed by atoms with van der Waals surface area (Å²) in [6, 6.07) is 2.15. The Balaban J connectivity index is 2.24. The van der Waals surface area contributed by atoms with E-state index in [-0.39, 0.29) is 0 Å². The second-order valence-corrected chi connectivity index (χ2v) is 3.70. The number of carbonyl (C=O) groups is 1. The highest BCUT2D eigenvalue weighted by Gasteiger charge is 2.14. The third-order valence-electron chi connectivity index (χ3n) is 2.00. The second kappa shape index (κ2) is 2.66. The molecule has 11 heavy (non-hydrogen) atoms. The third-order valence-corrected chi connectivity index (χ3v) is 2.95. The van der Waals surface area contributed by atoms with Crippen LogP contribution in [0.25, 0.3) is 0 Å². The van der Waals surface area contributed by atoms with Gasteiger partial charge < -0.3 is 4.90 Å². The molecule has 0 fully saturated rings. The van der Waals surface area contributed by atoms with Crippen molar-refractivity contribution in [3.63, 3.8) is 0 Å². The number of thiophene rings is 1. The van der Waals surface area contributed by atoms with Gasteiger partial charge in [-0.05, 0) is 23.4 Å². The van der Waals surface area contributed by atoms with Crippen LogP contribution in [0.1, 0.15) is 10.4 Å². The predicted octanol–water partition coefficient (Wildman–Crippen LogP) is 1.26. The fourth-order valence-electron chi connectivity index (χ4n) is 1.35.